The van der Waals surface area contributed by atoms with Crippen LogP contribution in [0, 0.1) is 0 Å². The van der Waals surface area contributed by atoms with Crippen LogP contribution in [0.5, 0.6) is 0 Å². The normalized spacial score (nSPS) is 24.2. The van der Waals surface area contributed by atoms with Crippen LogP contribution in [0.25, 0.3) is 11.2 Å². The molecule has 2 aromatic heterocycles. The van der Waals surface area contributed by atoms with Crippen LogP contribution in [0.1, 0.15) is 16.6 Å². The molecule has 5 atom stereocenters. The third-order valence-electron chi connectivity index (χ3n) is 5.60. The van der Waals surface area contributed by atoms with Gasteiger partial charge in [-0.15, -0.1) is 0 Å². The molecule has 7 N–H and O–H groups in total. The van der Waals surface area contributed by atoms with Gasteiger partial charge in [-0.2, -0.15) is 4.98 Å². The maximum Gasteiger partial charge on any atom is 0.470 e. The molecule has 0 aliphatic carbocycles. The van der Waals surface area contributed by atoms with Crippen LogP contribution in [0.2, 0.25) is 0 Å². The van der Waals surface area contributed by atoms with Crippen LogP contribution in [0.15, 0.2) is 35.4 Å². The molecule has 0 saturated carbocycles. The minimum Gasteiger partial charge on any atom is -0.459 e. The fraction of sp³-hybridized carbons (Fsp3) is 0.400. The Morgan fingerprint density at radius 1 is 1.27 bits per heavy atom. The molecule has 200 valence electrons. The van der Waals surface area contributed by atoms with E-state index in [1.165, 1.54) is 17.0 Å². The van der Waals surface area contributed by atoms with Crippen LogP contribution in [0.3, 0.4) is 0 Å². The van der Waals surface area contributed by atoms with Crippen LogP contribution >= 0.6 is 7.82 Å². The molecule has 0 spiro atoms. The molecule has 1 aliphatic heterocycles. The summed E-state index contributed by atoms with van der Waals surface area (Å²) >= 11 is 0. The lowest BCUT2D eigenvalue weighted by atomic mass is 9.98. The number of phosphoric acid groups is 1. The number of nitrogens with one attached hydrogen (secondary N) is 1. The summed E-state index contributed by atoms with van der Waals surface area (Å²) in [6.45, 7) is -0.620. The van der Waals surface area contributed by atoms with Crippen LogP contribution < -0.4 is 16.2 Å². The lowest BCUT2D eigenvalue weighted by Crippen LogP contribution is -2.57. The Kier molecular flexibility index (Phi) is 7.34. The minimum atomic E-state index is -5.22. The van der Waals surface area contributed by atoms with Crippen LogP contribution in [-0.2, 0) is 18.6 Å². The zero-order chi connectivity index (χ0) is 27.1. The van der Waals surface area contributed by atoms with Crippen molar-refractivity contribution >= 4 is 36.6 Å². The number of aliphatic hydroxyl groups excluding tert-OH is 2. The lowest BCUT2D eigenvalue weighted by molar-refractivity contribution is -0.246. The van der Waals surface area contributed by atoms with Crippen molar-refractivity contribution in [3.63, 3.8) is 0 Å². The molecule has 17 heteroatoms. The molecule has 1 saturated heterocycles. The number of aromatic nitrogens is 4. The second-order valence-corrected chi connectivity index (χ2v) is 9.59. The zero-order valence-corrected chi connectivity index (χ0v) is 20.4. The first-order valence-electron chi connectivity index (χ1n) is 10.8. The van der Waals surface area contributed by atoms with E-state index in [4.69, 9.17) is 15.2 Å². The molecule has 1 fully saturated rings. The summed E-state index contributed by atoms with van der Waals surface area (Å²) in [5.41, 5.74) is 5.17. The molecular weight excluding hydrogens is 515 g/mol. The SMILES string of the molecule is CN(C)c1nc2ncn([C@@H]3O[C@H](COC(=O)c4ccccc4N)[C@@H](O)[C@H](OP(=O)(O)O)[C@H]3O)c2c(=O)[nH]1. The number of nitrogen functional groups attached to an aromatic ring is 1. The van der Waals surface area contributed by atoms with E-state index < -0.39 is 56.6 Å². The van der Waals surface area contributed by atoms with Gasteiger partial charge in [0.25, 0.3) is 5.56 Å². The number of carbonyl (C=O) groups excluding carboxylic acids is 1. The van der Waals surface area contributed by atoms with Crippen molar-refractivity contribution in [3.8, 4) is 0 Å². The molecule has 3 heterocycles. The van der Waals surface area contributed by atoms with Gasteiger partial charge in [-0.3, -0.25) is 18.9 Å². The number of esters is 1. The topological polar surface area (TPSA) is 236 Å². The van der Waals surface area contributed by atoms with Crippen molar-refractivity contribution in [2.75, 3.05) is 31.3 Å². The number of benzene rings is 1. The zero-order valence-electron chi connectivity index (χ0n) is 19.5. The maximum absolute atomic E-state index is 12.8. The number of anilines is 2. The van der Waals surface area contributed by atoms with Gasteiger partial charge in [-0.1, -0.05) is 12.1 Å². The predicted molar refractivity (Wildman–Crippen MR) is 126 cm³/mol. The molecule has 1 aromatic carbocycles. The first-order valence-corrected chi connectivity index (χ1v) is 12.3. The predicted octanol–water partition coefficient (Wildman–Crippen LogP) is -1.28. The highest BCUT2D eigenvalue weighted by Gasteiger charge is 2.49. The van der Waals surface area contributed by atoms with Gasteiger partial charge in [0.15, 0.2) is 17.4 Å². The highest BCUT2D eigenvalue weighted by molar-refractivity contribution is 7.46. The van der Waals surface area contributed by atoms with Crippen molar-refractivity contribution in [2.45, 2.75) is 30.6 Å². The molecule has 4 rings (SSSR count). The van der Waals surface area contributed by atoms with Crippen molar-refractivity contribution < 1.29 is 43.4 Å². The number of hydrogen-bond acceptors (Lipinski definition) is 12. The van der Waals surface area contributed by atoms with Crippen molar-refractivity contribution in [2.24, 2.45) is 0 Å². The largest absolute Gasteiger partial charge is 0.470 e. The summed E-state index contributed by atoms with van der Waals surface area (Å²) in [4.78, 5) is 56.3. The number of carbonyl (C=O) groups is 1. The quantitative estimate of drug-likeness (QED) is 0.116. The summed E-state index contributed by atoms with van der Waals surface area (Å²) in [5, 5.41) is 21.6. The molecule has 0 radical (unpaired) electrons. The molecule has 0 bridgehead atoms. The highest BCUT2D eigenvalue weighted by atomic mass is 31.2. The van der Waals surface area contributed by atoms with Gasteiger partial charge in [0, 0.05) is 19.8 Å². The number of hydrogen-bond donors (Lipinski definition) is 6. The van der Waals surface area contributed by atoms with Gasteiger partial charge in [0.1, 0.15) is 37.4 Å². The van der Waals surface area contributed by atoms with Crippen molar-refractivity contribution in [3.05, 3.63) is 46.5 Å². The van der Waals surface area contributed by atoms with E-state index in [9.17, 15) is 34.2 Å². The van der Waals surface area contributed by atoms with Gasteiger partial charge < -0.3 is 40.1 Å². The van der Waals surface area contributed by atoms with Crippen molar-refractivity contribution in [1.82, 2.24) is 19.5 Å². The highest BCUT2D eigenvalue weighted by Crippen LogP contribution is 2.43. The van der Waals surface area contributed by atoms with E-state index in [1.807, 2.05) is 0 Å². The molecule has 1 aliphatic rings. The second-order valence-electron chi connectivity index (χ2n) is 8.40. The number of para-hydroxylation sites is 1. The third-order valence-corrected chi connectivity index (χ3v) is 6.12. The standard InChI is InChI=1S/C20H25N6O10P/c1-25(2)20-23-16-12(17(29)24-20)26(8-22-16)18-14(28)15(36-37(31,32)33)13(27)11(35-18)7-34-19(30)9-5-3-4-6-10(9)21/h3-6,8,11,13-15,18,27-28H,7,21H2,1-2H3,(H,23,24,29)(H2,31,32,33)/t11-,13-,14-,15+,18-/m1/s1. The number of aliphatic hydroxyl groups is 2. The average Bonchev–Trinajstić information content (AvgIpc) is 3.25. The molecular formula is C20H25N6O10P. The Balaban J connectivity index is 1.67. The van der Waals surface area contributed by atoms with Gasteiger partial charge in [0.05, 0.1) is 5.56 Å². The fourth-order valence-electron chi connectivity index (χ4n) is 3.83. The average molecular weight is 540 g/mol. The Hall–Kier alpha value is -3.37. The number of nitrogens with two attached hydrogens (primary N) is 1. The van der Waals surface area contributed by atoms with E-state index in [1.54, 1.807) is 26.2 Å². The van der Waals surface area contributed by atoms with Gasteiger partial charge in [-0.25, -0.2) is 14.3 Å². The Morgan fingerprint density at radius 3 is 2.62 bits per heavy atom. The number of H-pyrrole nitrogens is 1. The summed E-state index contributed by atoms with van der Waals surface area (Å²) < 4.78 is 28.3. The first-order chi connectivity index (χ1) is 17.4. The number of nitrogens with zero attached hydrogens (tertiary/aromatic N) is 4. The summed E-state index contributed by atoms with van der Waals surface area (Å²) in [6, 6.07) is 6.08. The van der Waals surface area contributed by atoms with E-state index in [0.717, 1.165) is 10.9 Å². The summed E-state index contributed by atoms with van der Waals surface area (Å²) in [6.07, 6.45) is -7.54. The van der Waals surface area contributed by atoms with Gasteiger partial charge in [-0.05, 0) is 12.1 Å². The number of rotatable bonds is 7. The Bertz CT molecular complexity index is 1400. The molecule has 16 nitrogen and oxygen atoms in total. The molecule has 0 unspecified atom stereocenters. The number of ether oxygens (including phenoxy) is 2. The van der Waals surface area contributed by atoms with Crippen LogP contribution in [0.4, 0.5) is 11.6 Å². The van der Waals surface area contributed by atoms with E-state index in [-0.39, 0.29) is 28.4 Å². The Morgan fingerprint density at radius 2 is 1.97 bits per heavy atom. The summed E-state index contributed by atoms with van der Waals surface area (Å²) in [7, 11) is -1.92. The van der Waals surface area contributed by atoms with Gasteiger partial charge >= 0.3 is 13.8 Å². The van der Waals surface area contributed by atoms with Crippen molar-refractivity contribution in [1.29, 1.82) is 0 Å². The number of imidazole rings is 1. The number of aromatic amines is 1. The third kappa shape index (κ3) is 5.50. The lowest BCUT2D eigenvalue weighted by Gasteiger charge is -2.42. The number of fused-ring (bicyclic) bond motifs is 1. The fourth-order valence-corrected chi connectivity index (χ4v) is 4.40. The van der Waals surface area contributed by atoms with E-state index in [2.05, 4.69) is 19.5 Å². The maximum atomic E-state index is 12.8. The second kappa shape index (κ2) is 10.2. The molecule has 37 heavy (non-hydrogen) atoms. The van der Waals surface area contributed by atoms with E-state index >= 15 is 0 Å². The first kappa shape index (κ1) is 26.7. The molecule has 0 amide bonds. The monoisotopic (exact) mass is 540 g/mol. The van der Waals surface area contributed by atoms with Gasteiger partial charge in [0.2, 0.25) is 5.95 Å². The van der Waals surface area contributed by atoms with Crippen LogP contribution in [-0.4, -0.2) is 90.6 Å². The minimum absolute atomic E-state index is 0.00985. The smallest absolute Gasteiger partial charge is 0.459 e. The Labute approximate surface area is 208 Å². The molecule has 3 aromatic rings. The number of phosphoric ester groups is 1. The summed E-state index contributed by atoms with van der Waals surface area (Å²) in [5.74, 6) is -0.648. The van der Waals surface area contributed by atoms with E-state index in [0.29, 0.717) is 0 Å².